The molecule has 5 aliphatic rings. The molecule has 188 valence electrons. The molecule has 0 spiro atoms. The lowest BCUT2D eigenvalue weighted by Crippen LogP contribution is -2.56. The van der Waals surface area contributed by atoms with E-state index in [0.29, 0.717) is 25.1 Å². The van der Waals surface area contributed by atoms with Crippen molar-refractivity contribution in [2.75, 3.05) is 45.9 Å². The summed E-state index contributed by atoms with van der Waals surface area (Å²) < 4.78 is 6.40. The monoisotopic (exact) mass is 481 g/mol. The Morgan fingerprint density at radius 1 is 1.00 bits per heavy atom. The predicted octanol–water partition coefficient (Wildman–Crippen LogP) is 0.729. The van der Waals surface area contributed by atoms with Crippen LogP contribution in [0.3, 0.4) is 0 Å². The Morgan fingerprint density at radius 2 is 1.77 bits per heavy atom. The molecule has 9 nitrogen and oxygen atoms in total. The fourth-order valence-corrected chi connectivity index (χ4v) is 6.33. The molecule has 9 heteroatoms. The number of carbonyl (C=O) groups is 3. The second-order valence-corrected chi connectivity index (χ2v) is 10.7. The first kappa shape index (κ1) is 22.9. The maximum atomic E-state index is 13.1. The molecule has 4 aliphatic heterocycles. The predicted molar refractivity (Wildman–Crippen MR) is 129 cm³/mol. The molecule has 4 fully saturated rings. The maximum absolute atomic E-state index is 13.1. The third-order valence-electron chi connectivity index (χ3n) is 8.67. The van der Waals surface area contributed by atoms with Crippen LogP contribution in [0.2, 0.25) is 0 Å². The van der Waals surface area contributed by atoms with E-state index in [0.717, 1.165) is 69.5 Å². The van der Waals surface area contributed by atoms with E-state index in [2.05, 4.69) is 20.4 Å². The lowest BCUT2D eigenvalue weighted by molar-refractivity contribution is -0.136. The summed E-state index contributed by atoms with van der Waals surface area (Å²) in [5.74, 6) is -0.0726. The second-order valence-electron chi connectivity index (χ2n) is 10.7. The van der Waals surface area contributed by atoms with Gasteiger partial charge in [0.2, 0.25) is 11.8 Å². The third kappa shape index (κ3) is 4.34. The van der Waals surface area contributed by atoms with Gasteiger partial charge in [0.1, 0.15) is 18.4 Å². The van der Waals surface area contributed by atoms with Crippen molar-refractivity contribution in [2.45, 2.75) is 62.7 Å². The van der Waals surface area contributed by atoms with Gasteiger partial charge in [-0.2, -0.15) is 0 Å². The number of carbonyl (C=O) groups excluding carboxylic acids is 3. The quantitative estimate of drug-likeness (QED) is 0.579. The zero-order valence-electron chi connectivity index (χ0n) is 20.3. The molecule has 3 amide bonds. The first-order valence-electron chi connectivity index (χ1n) is 13.1. The Kier molecular flexibility index (Phi) is 6.02. The highest BCUT2D eigenvalue weighted by Crippen LogP contribution is 2.43. The Hall–Kier alpha value is -2.49. The summed E-state index contributed by atoms with van der Waals surface area (Å²) in [5, 5.41) is 5.83. The van der Waals surface area contributed by atoms with Crippen molar-refractivity contribution in [3.05, 3.63) is 29.3 Å². The van der Waals surface area contributed by atoms with Crippen molar-refractivity contribution in [2.24, 2.45) is 0 Å². The van der Waals surface area contributed by atoms with E-state index < -0.39 is 6.04 Å². The summed E-state index contributed by atoms with van der Waals surface area (Å²) in [7, 11) is 0. The summed E-state index contributed by atoms with van der Waals surface area (Å²) in [6.07, 6.45) is 5.43. The number of imide groups is 1. The smallest absolute Gasteiger partial charge is 0.255 e. The van der Waals surface area contributed by atoms with Gasteiger partial charge in [0, 0.05) is 49.8 Å². The molecular formula is C26H35N5O4. The van der Waals surface area contributed by atoms with Gasteiger partial charge in [0.25, 0.3) is 5.91 Å². The first-order valence-corrected chi connectivity index (χ1v) is 13.1. The van der Waals surface area contributed by atoms with Gasteiger partial charge in [-0.15, -0.1) is 0 Å². The van der Waals surface area contributed by atoms with Crippen LogP contribution in [0.15, 0.2) is 18.2 Å². The Labute approximate surface area is 206 Å². The number of benzene rings is 1. The number of hydrogen-bond acceptors (Lipinski definition) is 7. The fraction of sp³-hybridized carbons (Fsp3) is 0.654. The number of hydrogen-bond donors (Lipinski definition) is 2. The topological polar surface area (TPSA) is 94.2 Å². The number of nitrogens with one attached hydrogen (secondary N) is 2. The fourth-order valence-electron chi connectivity index (χ4n) is 6.33. The van der Waals surface area contributed by atoms with Gasteiger partial charge in [-0.1, -0.05) is 6.07 Å². The molecule has 3 saturated heterocycles. The summed E-state index contributed by atoms with van der Waals surface area (Å²) in [6.45, 7) is 7.66. The number of nitrogens with zero attached hydrogens (tertiary/aromatic N) is 3. The van der Waals surface area contributed by atoms with E-state index in [4.69, 9.17) is 4.74 Å². The van der Waals surface area contributed by atoms with E-state index in [9.17, 15) is 14.4 Å². The van der Waals surface area contributed by atoms with E-state index in [1.165, 1.54) is 12.8 Å². The van der Waals surface area contributed by atoms with Crippen LogP contribution >= 0.6 is 0 Å². The highest BCUT2D eigenvalue weighted by Gasteiger charge is 2.50. The van der Waals surface area contributed by atoms with Crippen molar-refractivity contribution < 1.29 is 19.1 Å². The molecule has 6 rings (SSSR count). The summed E-state index contributed by atoms with van der Waals surface area (Å²) in [4.78, 5) is 43.9. The molecule has 1 atom stereocenters. The van der Waals surface area contributed by atoms with Crippen LogP contribution in [-0.2, 0) is 16.1 Å². The zero-order chi connectivity index (χ0) is 24.0. The number of rotatable bonds is 6. The normalized spacial score (nSPS) is 27.6. The average Bonchev–Trinajstić information content (AvgIpc) is 3.61. The van der Waals surface area contributed by atoms with Gasteiger partial charge in [-0.05, 0) is 57.3 Å². The number of piperidine rings is 2. The number of fused-ring (bicyclic) bond motifs is 1. The van der Waals surface area contributed by atoms with Crippen LogP contribution in [0.1, 0.15) is 54.4 Å². The van der Waals surface area contributed by atoms with E-state index in [1.807, 2.05) is 18.2 Å². The van der Waals surface area contributed by atoms with Crippen molar-refractivity contribution in [1.29, 1.82) is 0 Å². The van der Waals surface area contributed by atoms with Gasteiger partial charge in [0.15, 0.2) is 0 Å². The molecule has 2 N–H and O–H groups in total. The Morgan fingerprint density at radius 3 is 2.49 bits per heavy atom. The number of amides is 3. The van der Waals surface area contributed by atoms with Gasteiger partial charge < -0.3 is 15.0 Å². The van der Waals surface area contributed by atoms with Crippen LogP contribution in [0, 0.1) is 0 Å². The molecule has 0 radical (unpaired) electrons. The highest BCUT2D eigenvalue weighted by atomic mass is 16.5. The largest absolute Gasteiger partial charge is 0.491 e. The molecule has 1 aromatic rings. The standard InChI is InChI=1S/C26H35N5O4/c32-23-5-4-21(24(33)28-23)31-16-20-19(25(31)34)2-1-3-22(20)35-17-26(8-9-26)30-14-12-29(13-15-30)18-6-10-27-11-7-18/h1-3,18,21,27H,4-17H2,(H,28,32,33). The SMILES string of the molecule is O=C1CCC(N2Cc3c(OCC4(N5CCN(C6CCNCC6)CC5)CC4)cccc3C2=O)C(=O)N1. The minimum atomic E-state index is -0.605. The van der Waals surface area contributed by atoms with Crippen LogP contribution in [0.25, 0.3) is 0 Å². The molecule has 1 aromatic carbocycles. The number of piperazine rings is 1. The highest BCUT2D eigenvalue weighted by molar-refractivity contribution is 6.05. The first-order chi connectivity index (χ1) is 17.0. The van der Waals surface area contributed by atoms with E-state index in [1.54, 1.807) is 4.90 Å². The lowest BCUT2D eigenvalue weighted by Gasteiger charge is -2.43. The molecular weight excluding hydrogens is 446 g/mol. The van der Waals surface area contributed by atoms with E-state index >= 15 is 0 Å². The van der Waals surface area contributed by atoms with Crippen LogP contribution in [-0.4, -0.2) is 95.9 Å². The molecule has 1 aliphatic carbocycles. The minimum Gasteiger partial charge on any atom is -0.491 e. The Balaban J connectivity index is 1.08. The van der Waals surface area contributed by atoms with Gasteiger partial charge >= 0.3 is 0 Å². The lowest BCUT2D eigenvalue weighted by atomic mass is 10.0. The van der Waals surface area contributed by atoms with Crippen molar-refractivity contribution in [1.82, 2.24) is 25.3 Å². The van der Waals surface area contributed by atoms with Gasteiger partial charge in [-0.25, -0.2) is 0 Å². The molecule has 35 heavy (non-hydrogen) atoms. The van der Waals surface area contributed by atoms with Crippen molar-refractivity contribution >= 4 is 17.7 Å². The van der Waals surface area contributed by atoms with Crippen molar-refractivity contribution in [3.63, 3.8) is 0 Å². The molecule has 1 saturated carbocycles. The average molecular weight is 482 g/mol. The van der Waals surface area contributed by atoms with Crippen LogP contribution in [0.5, 0.6) is 5.75 Å². The van der Waals surface area contributed by atoms with Crippen LogP contribution < -0.4 is 15.4 Å². The maximum Gasteiger partial charge on any atom is 0.255 e. The summed E-state index contributed by atoms with van der Waals surface area (Å²) >= 11 is 0. The molecule has 0 aromatic heterocycles. The molecule has 0 bridgehead atoms. The Bertz CT molecular complexity index is 1010. The molecule has 4 heterocycles. The number of ether oxygens (including phenoxy) is 1. The second kappa shape index (κ2) is 9.19. The van der Waals surface area contributed by atoms with Gasteiger partial charge in [-0.3, -0.25) is 29.5 Å². The van der Waals surface area contributed by atoms with Gasteiger partial charge in [0.05, 0.1) is 12.1 Å². The molecule has 1 unspecified atom stereocenters. The van der Waals surface area contributed by atoms with Crippen LogP contribution in [0.4, 0.5) is 0 Å². The van der Waals surface area contributed by atoms with Crippen molar-refractivity contribution in [3.8, 4) is 5.75 Å². The minimum absolute atomic E-state index is 0.106. The summed E-state index contributed by atoms with van der Waals surface area (Å²) in [5.41, 5.74) is 1.57. The third-order valence-corrected chi connectivity index (χ3v) is 8.67. The van der Waals surface area contributed by atoms with E-state index in [-0.39, 0.29) is 29.7 Å². The zero-order valence-corrected chi connectivity index (χ0v) is 20.3. The summed E-state index contributed by atoms with van der Waals surface area (Å²) in [6, 6.07) is 5.72.